The number of carbonyl (C=O) groups is 1. The zero-order valence-corrected chi connectivity index (χ0v) is 9.18. The zero-order valence-electron chi connectivity index (χ0n) is 9.18. The maximum absolute atomic E-state index is 11.9. The Morgan fingerprint density at radius 3 is 2.38 bits per heavy atom. The molecule has 1 atom stereocenters. The molecule has 0 amide bonds. The molecule has 1 aromatic heterocycles. The number of Topliss-reactive ketones (excluding diaryl/α,β-unsaturated/α-hetero) is 1. The monoisotopic (exact) mass is 215 g/mol. The fourth-order valence-electron chi connectivity index (χ4n) is 2.29. The molecular formula is C12H13N3O. The van der Waals surface area contributed by atoms with E-state index in [1.807, 2.05) is 31.2 Å². The van der Waals surface area contributed by atoms with Crippen molar-refractivity contribution in [3.05, 3.63) is 24.3 Å². The van der Waals surface area contributed by atoms with E-state index in [0.29, 0.717) is 6.42 Å². The van der Waals surface area contributed by atoms with Gasteiger partial charge in [-0.2, -0.15) is 15.0 Å². The van der Waals surface area contributed by atoms with Crippen LogP contribution in [-0.2, 0) is 10.3 Å². The van der Waals surface area contributed by atoms with E-state index in [1.54, 1.807) is 4.80 Å². The summed E-state index contributed by atoms with van der Waals surface area (Å²) in [6.07, 6.45) is 2.43. The van der Waals surface area contributed by atoms with E-state index in [-0.39, 0.29) is 5.78 Å². The summed E-state index contributed by atoms with van der Waals surface area (Å²) >= 11 is 0. The molecule has 3 rings (SSSR count). The molecule has 0 radical (unpaired) electrons. The van der Waals surface area contributed by atoms with Gasteiger partial charge in [0.15, 0.2) is 5.78 Å². The lowest BCUT2D eigenvalue weighted by Gasteiger charge is -2.20. The van der Waals surface area contributed by atoms with Gasteiger partial charge in [-0.3, -0.25) is 4.79 Å². The molecule has 4 nitrogen and oxygen atoms in total. The highest BCUT2D eigenvalue weighted by Gasteiger charge is 2.41. The first kappa shape index (κ1) is 9.51. The molecule has 1 aromatic carbocycles. The van der Waals surface area contributed by atoms with Crippen molar-refractivity contribution in [1.82, 2.24) is 15.0 Å². The topological polar surface area (TPSA) is 47.8 Å². The lowest BCUT2D eigenvalue weighted by molar-refractivity contribution is -0.125. The fraction of sp³-hybridized carbons (Fsp3) is 0.417. The molecule has 1 heterocycles. The molecule has 2 aromatic rings. The third-order valence-electron chi connectivity index (χ3n) is 3.40. The molecule has 0 spiro atoms. The molecule has 0 aliphatic heterocycles. The lowest BCUT2D eigenvalue weighted by Crippen LogP contribution is -2.36. The smallest absolute Gasteiger partial charge is 0.162 e. The van der Waals surface area contributed by atoms with Gasteiger partial charge >= 0.3 is 0 Å². The summed E-state index contributed by atoms with van der Waals surface area (Å²) in [7, 11) is 0. The van der Waals surface area contributed by atoms with Gasteiger partial charge in [0, 0.05) is 6.42 Å². The Kier molecular flexibility index (Phi) is 1.87. The quantitative estimate of drug-likeness (QED) is 0.730. The summed E-state index contributed by atoms with van der Waals surface area (Å²) in [6.45, 7) is 1.93. The predicted octanol–water partition coefficient (Wildman–Crippen LogP) is 1.90. The zero-order chi connectivity index (χ0) is 11.2. The number of hydrogen-bond acceptors (Lipinski definition) is 3. The number of aromatic nitrogens is 3. The molecule has 0 saturated heterocycles. The summed E-state index contributed by atoms with van der Waals surface area (Å²) in [5.74, 6) is 0.243. The van der Waals surface area contributed by atoms with E-state index in [2.05, 4.69) is 10.2 Å². The van der Waals surface area contributed by atoms with Crippen molar-refractivity contribution in [3.63, 3.8) is 0 Å². The summed E-state index contributed by atoms with van der Waals surface area (Å²) in [5, 5.41) is 8.80. The van der Waals surface area contributed by atoms with Gasteiger partial charge in [-0.25, -0.2) is 0 Å². The second-order valence-corrected chi connectivity index (χ2v) is 4.53. The third-order valence-corrected chi connectivity index (χ3v) is 3.40. The van der Waals surface area contributed by atoms with Gasteiger partial charge < -0.3 is 0 Å². The summed E-state index contributed by atoms with van der Waals surface area (Å²) in [4.78, 5) is 13.5. The van der Waals surface area contributed by atoms with Crippen LogP contribution in [0.4, 0.5) is 0 Å². The molecule has 1 saturated carbocycles. The molecule has 1 aliphatic carbocycles. The second kappa shape index (κ2) is 3.14. The molecule has 1 fully saturated rings. The molecule has 0 bridgehead atoms. The van der Waals surface area contributed by atoms with Crippen molar-refractivity contribution in [1.29, 1.82) is 0 Å². The van der Waals surface area contributed by atoms with Crippen LogP contribution in [0.3, 0.4) is 0 Å². The van der Waals surface area contributed by atoms with Crippen LogP contribution in [-0.4, -0.2) is 20.8 Å². The van der Waals surface area contributed by atoms with E-state index < -0.39 is 5.54 Å². The van der Waals surface area contributed by atoms with E-state index in [4.69, 9.17) is 0 Å². The summed E-state index contributed by atoms with van der Waals surface area (Å²) < 4.78 is 0. The molecule has 4 heteroatoms. The minimum absolute atomic E-state index is 0.243. The van der Waals surface area contributed by atoms with Gasteiger partial charge in [-0.1, -0.05) is 12.1 Å². The van der Waals surface area contributed by atoms with Gasteiger partial charge in [0.2, 0.25) is 0 Å². The Morgan fingerprint density at radius 1 is 1.25 bits per heavy atom. The highest BCUT2D eigenvalue weighted by atomic mass is 16.1. The number of carbonyl (C=O) groups excluding carboxylic acids is 1. The van der Waals surface area contributed by atoms with Crippen molar-refractivity contribution in [2.24, 2.45) is 0 Å². The molecule has 0 N–H and O–H groups in total. The van der Waals surface area contributed by atoms with Crippen molar-refractivity contribution < 1.29 is 4.79 Å². The first-order valence-electron chi connectivity index (χ1n) is 5.56. The van der Waals surface area contributed by atoms with Crippen molar-refractivity contribution in [3.8, 4) is 0 Å². The van der Waals surface area contributed by atoms with Crippen LogP contribution in [0.15, 0.2) is 24.3 Å². The second-order valence-electron chi connectivity index (χ2n) is 4.53. The highest BCUT2D eigenvalue weighted by molar-refractivity contribution is 5.88. The van der Waals surface area contributed by atoms with Gasteiger partial charge in [0.05, 0.1) is 0 Å². The van der Waals surface area contributed by atoms with E-state index in [9.17, 15) is 4.79 Å². The number of ketones is 1. The largest absolute Gasteiger partial charge is 0.297 e. The number of benzene rings is 1. The van der Waals surface area contributed by atoms with Crippen LogP contribution in [0, 0.1) is 0 Å². The van der Waals surface area contributed by atoms with Gasteiger partial charge in [0.1, 0.15) is 16.6 Å². The Morgan fingerprint density at radius 2 is 1.88 bits per heavy atom. The normalized spacial score (nSPS) is 25.4. The molecule has 1 aliphatic rings. The maximum Gasteiger partial charge on any atom is 0.162 e. The first-order chi connectivity index (χ1) is 7.70. The average Bonchev–Trinajstić information content (AvgIpc) is 2.84. The first-order valence-corrected chi connectivity index (χ1v) is 5.56. The van der Waals surface area contributed by atoms with E-state index >= 15 is 0 Å². The van der Waals surface area contributed by atoms with Crippen LogP contribution >= 0.6 is 0 Å². The predicted molar refractivity (Wildman–Crippen MR) is 60.0 cm³/mol. The molecule has 1 unspecified atom stereocenters. The van der Waals surface area contributed by atoms with Crippen LogP contribution in [0.25, 0.3) is 11.0 Å². The number of hydrogen-bond donors (Lipinski definition) is 0. The Hall–Kier alpha value is -1.71. The van der Waals surface area contributed by atoms with Crippen molar-refractivity contribution in [2.45, 2.75) is 31.7 Å². The van der Waals surface area contributed by atoms with Crippen molar-refractivity contribution >= 4 is 16.8 Å². The van der Waals surface area contributed by atoms with Crippen molar-refractivity contribution in [2.75, 3.05) is 0 Å². The van der Waals surface area contributed by atoms with Crippen LogP contribution in [0.2, 0.25) is 0 Å². The van der Waals surface area contributed by atoms with E-state index in [0.717, 1.165) is 23.9 Å². The lowest BCUT2D eigenvalue weighted by atomic mass is 10.0. The fourth-order valence-corrected chi connectivity index (χ4v) is 2.29. The third kappa shape index (κ3) is 1.19. The number of rotatable bonds is 1. The average molecular weight is 215 g/mol. The molecule has 82 valence electrons. The van der Waals surface area contributed by atoms with Crippen LogP contribution < -0.4 is 0 Å². The van der Waals surface area contributed by atoms with Gasteiger partial charge in [-0.05, 0) is 31.9 Å². The van der Waals surface area contributed by atoms with Crippen LogP contribution in [0.5, 0.6) is 0 Å². The Labute approximate surface area is 93.3 Å². The van der Waals surface area contributed by atoms with Gasteiger partial charge in [-0.15, -0.1) is 0 Å². The minimum Gasteiger partial charge on any atom is -0.297 e. The molecular weight excluding hydrogens is 202 g/mol. The molecule has 16 heavy (non-hydrogen) atoms. The highest BCUT2D eigenvalue weighted by Crippen LogP contribution is 2.32. The summed E-state index contributed by atoms with van der Waals surface area (Å²) in [6, 6.07) is 7.70. The SMILES string of the molecule is CC1(n2nc3ccccc3n2)CCCC1=O. The number of nitrogens with zero attached hydrogens (tertiary/aromatic N) is 3. The standard InChI is InChI=1S/C12H13N3O/c1-12(8-4-7-11(12)16)15-13-9-5-2-3-6-10(9)14-15/h2-3,5-6H,4,7-8H2,1H3. The Balaban J connectivity index is 2.15. The van der Waals surface area contributed by atoms with Crippen LogP contribution in [0.1, 0.15) is 26.2 Å². The number of fused-ring (bicyclic) bond motifs is 1. The van der Waals surface area contributed by atoms with Gasteiger partial charge in [0.25, 0.3) is 0 Å². The minimum atomic E-state index is -0.529. The Bertz CT molecular complexity index is 527. The van der Waals surface area contributed by atoms with E-state index in [1.165, 1.54) is 0 Å². The summed E-state index contributed by atoms with van der Waals surface area (Å²) in [5.41, 5.74) is 1.17. The maximum atomic E-state index is 11.9.